The van der Waals surface area contributed by atoms with Crippen LogP contribution in [0, 0.1) is 5.92 Å². The Hall–Kier alpha value is 0.235. The van der Waals surface area contributed by atoms with Crippen molar-refractivity contribution in [2.45, 2.75) is 25.8 Å². The van der Waals surface area contributed by atoms with E-state index in [9.17, 15) is 9.90 Å². The molecule has 0 heterocycles. The molecular formula is C6H13BO4PS. The fourth-order valence-electron chi connectivity index (χ4n) is 0.765. The van der Waals surface area contributed by atoms with Crippen molar-refractivity contribution in [3.63, 3.8) is 0 Å². The monoisotopic (exact) mass is 223 g/mol. The average Bonchev–Trinajstić information content (AvgIpc) is 2.10. The van der Waals surface area contributed by atoms with Crippen molar-refractivity contribution in [2.75, 3.05) is 0 Å². The minimum atomic E-state index is -0.980. The van der Waals surface area contributed by atoms with Gasteiger partial charge in [0.1, 0.15) is 0 Å². The highest BCUT2D eigenvalue weighted by Crippen LogP contribution is 2.25. The molecule has 75 valence electrons. The normalized spacial score (nSPS) is 15.9. The number of rotatable bonds is 7. The van der Waals surface area contributed by atoms with Crippen LogP contribution < -0.4 is 0 Å². The zero-order valence-corrected chi connectivity index (χ0v) is 9.12. The third-order valence-corrected chi connectivity index (χ3v) is 3.09. The van der Waals surface area contributed by atoms with Crippen LogP contribution in [0.25, 0.3) is 0 Å². The van der Waals surface area contributed by atoms with Gasteiger partial charge in [-0.1, -0.05) is 14.0 Å². The number of aliphatic hydroxyl groups excluding tert-OH is 1. The molecule has 0 saturated carbocycles. The van der Waals surface area contributed by atoms with Crippen LogP contribution in [0.15, 0.2) is 0 Å². The summed E-state index contributed by atoms with van der Waals surface area (Å²) in [5.74, 6) is -1.70. The Balaban J connectivity index is 3.50. The van der Waals surface area contributed by atoms with E-state index in [4.69, 9.17) is 9.66 Å². The van der Waals surface area contributed by atoms with E-state index in [1.165, 1.54) is 6.92 Å². The highest BCUT2D eigenvalue weighted by atomic mass is 32.7. The quantitative estimate of drug-likeness (QED) is 0.262. The third kappa shape index (κ3) is 6.33. The Labute approximate surface area is 84.0 Å². The van der Waals surface area contributed by atoms with Crippen LogP contribution >= 0.6 is 19.3 Å². The van der Waals surface area contributed by atoms with E-state index < -0.39 is 18.0 Å². The van der Waals surface area contributed by atoms with E-state index >= 15 is 0 Å². The Morgan fingerprint density at radius 1 is 1.69 bits per heavy atom. The number of carboxylic acid groups (broad SMARTS) is 1. The molecule has 0 spiro atoms. The number of aliphatic hydroxyl groups is 1. The van der Waals surface area contributed by atoms with Crippen LogP contribution in [0.1, 0.15) is 13.3 Å². The van der Waals surface area contributed by atoms with Gasteiger partial charge < -0.3 is 14.8 Å². The van der Waals surface area contributed by atoms with E-state index in [0.29, 0.717) is 20.4 Å². The predicted octanol–water partition coefficient (Wildman–Crippen LogP) is 1.30. The molecular weight excluding hydrogens is 210 g/mol. The van der Waals surface area contributed by atoms with Crippen LogP contribution in [0.2, 0.25) is 6.32 Å². The molecule has 0 amide bonds. The summed E-state index contributed by atoms with van der Waals surface area (Å²) in [5.41, 5.74) is 0. The second-order valence-corrected chi connectivity index (χ2v) is 4.77. The lowest BCUT2D eigenvalue weighted by Gasteiger charge is -2.13. The molecule has 0 rings (SSSR count). The second-order valence-electron chi connectivity index (χ2n) is 2.68. The van der Waals surface area contributed by atoms with Crippen LogP contribution in [0.3, 0.4) is 0 Å². The third-order valence-electron chi connectivity index (χ3n) is 1.71. The van der Waals surface area contributed by atoms with Crippen LogP contribution in [0.4, 0.5) is 0 Å². The zero-order valence-electron chi connectivity index (χ0n) is 7.30. The van der Waals surface area contributed by atoms with E-state index in [-0.39, 0.29) is 0 Å². The summed E-state index contributed by atoms with van der Waals surface area (Å²) in [6.07, 6.45) is 0.258. The molecule has 0 aromatic heterocycles. The number of hydrogen-bond donors (Lipinski definition) is 3. The van der Waals surface area contributed by atoms with Gasteiger partial charge in [0.25, 0.3) is 0 Å². The molecule has 0 aliphatic heterocycles. The van der Waals surface area contributed by atoms with Crippen LogP contribution in [-0.4, -0.2) is 33.8 Å². The minimum absolute atomic E-state index is 0.291. The topological polar surface area (TPSA) is 77.8 Å². The van der Waals surface area contributed by atoms with Crippen molar-refractivity contribution in [3.8, 4) is 0 Å². The van der Waals surface area contributed by atoms with Crippen molar-refractivity contribution < 1.29 is 19.6 Å². The maximum absolute atomic E-state index is 10.4. The fraction of sp³-hybridized carbons (Fsp3) is 0.833. The maximum Gasteiger partial charge on any atom is 0.308 e. The maximum atomic E-state index is 10.4. The molecule has 1 radical (unpaired) electrons. The standard InChI is InChI=1S/C6H13BO4PS/c1-4(6(9)10)5(8)2-3-7-12-13-11/h4-5,8,11-12H,2-3H2,1H3,(H,9,10)/t4-,5+/m0/s1. The molecule has 4 nitrogen and oxygen atoms in total. The number of carbonyl (C=O) groups is 1. The molecule has 7 heteroatoms. The van der Waals surface area contributed by atoms with Gasteiger partial charge in [-0.15, -0.1) is 0 Å². The zero-order chi connectivity index (χ0) is 10.3. The van der Waals surface area contributed by atoms with Gasteiger partial charge in [0.15, 0.2) is 7.00 Å². The fourth-order valence-corrected chi connectivity index (χ4v) is 1.70. The molecule has 0 aliphatic rings. The molecule has 0 aromatic carbocycles. The molecule has 0 saturated heterocycles. The van der Waals surface area contributed by atoms with Gasteiger partial charge in [0, 0.05) is 0 Å². The lowest BCUT2D eigenvalue weighted by atomic mass is 9.92. The molecule has 0 aliphatic carbocycles. The molecule has 13 heavy (non-hydrogen) atoms. The van der Waals surface area contributed by atoms with E-state index in [2.05, 4.69) is 0 Å². The van der Waals surface area contributed by atoms with E-state index in [1.807, 2.05) is 7.00 Å². The highest BCUT2D eigenvalue weighted by molar-refractivity contribution is 8.53. The first-order valence-electron chi connectivity index (χ1n) is 3.88. The second kappa shape index (κ2) is 7.62. The summed E-state index contributed by atoms with van der Waals surface area (Å²) >= 11 is 0.742. The summed E-state index contributed by atoms with van der Waals surface area (Å²) in [7, 11) is 0.291. The highest BCUT2D eigenvalue weighted by Gasteiger charge is 2.20. The molecule has 3 atom stereocenters. The first-order valence-corrected chi connectivity index (χ1v) is 6.45. The number of aliphatic carboxylic acids is 1. The molecule has 3 N–H and O–H groups in total. The van der Waals surface area contributed by atoms with Gasteiger partial charge in [-0.05, 0) is 25.0 Å². The minimum Gasteiger partial charge on any atom is -0.481 e. The Bertz CT molecular complexity index is 160. The summed E-state index contributed by atoms with van der Waals surface area (Å²) in [6, 6.07) is 0. The Morgan fingerprint density at radius 2 is 2.31 bits per heavy atom. The van der Waals surface area contributed by atoms with Crippen molar-refractivity contribution in [2.24, 2.45) is 5.92 Å². The van der Waals surface area contributed by atoms with Gasteiger partial charge in [0.05, 0.1) is 12.0 Å². The lowest BCUT2D eigenvalue weighted by molar-refractivity contribution is -0.144. The number of hydrogen-bond acceptors (Lipinski definition) is 4. The molecule has 0 fully saturated rings. The van der Waals surface area contributed by atoms with Crippen LogP contribution in [-0.2, 0) is 4.79 Å². The lowest BCUT2D eigenvalue weighted by Crippen LogP contribution is -2.25. The van der Waals surface area contributed by atoms with Crippen LogP contribution in [0.5, 0.6) is 0 Å². The van der Waals surface area contributed by atoms with Gasteiger partial charge in [-0.25, -0.2) is 0 Å². The van der Waals surface area contributed by atoms with E-state index in [0.717, 1.165) is 11.7 Å². The summed E-state index contributed by atoms with van der Waals surface area (Å²) in [6.45, 7) is 3.32. The Morgan fingerprint density at radius 3 is 2.77 bits per heavy atom. The summed E-state index contributed by atoms with van der Waals surface area (Å²) in [5, 5.41) is 17.9. The Kier molecular flexibility index (Phi) is 7.76. The van der Waals surface area contributed by atoms with Gasteiger partial charge >= 0.3 is 5.97 Å². The van der Waals surface area contributed by atoms with Gasteiger partial charge in [0.2, 0.25) is 0 Å². The average molecular weight is 223 g/mol. The largest absolute Gasteiger partial charge is 0.481 e. The first kappa shape index (κ1) is 13.2. The van der Waals surface area contributed by atoms with Crippen molar-refractivity contribution >= 4 is 32.3 Å². The SMILES string of the molecule is C[C@H](C(=O)O)[C@H](O)CC[B]PSO. The van der Waals surface area contributed by atoms with Gasteiger partial charge in [-0.3, -0.25) is 4.79 Å². The molecule has 0 bridgehead atoms. The smallest absolute Gasteiger partial charge is 0.308 e. The van der Waals surface area contributed by atoms with Crippen molar-refractivity contribution in [1.82, 2.24) is 0 Å². The van der Waals surface area contributed by atoms with Crippen molar-refractivity contribution in [3.05, 3.63) is 0 Å². The van der Waals surface area contributed by atoms with E-state index in [1.54, 1.807) is 0 Å². The van der Waals surface area contributed by atoms with Gasteiger partial charge in [-0.2, -0.15) is 0 Å². The van der Waals surface area contributed by atoms with Crippen molar-refractivity contribution in [1.29, 1.82) is 0 Å². The molecule has 1 unspecified atom stereocenters. The number of carboxylic acids is 1. The summed E-state index contributed by atoms with van der Waals surface area (Å²) < 4.78 is 8.37. The summed E-state index contributed by atoms with van der Waals surface area (Å²) in [4.78, 5) is 10.4. The molecule has 0 aromatic rings. The predicted molar refractivity (Wildman–Crippen MR) is 56.5 cm³/mol. The first-order chi connectivity index (χ1) is 6.09.